The highest BCUT2D eigenvalue weighted by molar-refractivity contribution is 5.85. The standard InChI is InChI=1S/C10H19NO2/c1-9(2,3)11(4)8(13)10(7-12)5-6-10/h12H,5-7H2,1-4H3. The topological polar surface area (TPSA) is 40.5 Å². The lowest BCUT2D eigenvalue weighted by molar-refractivity contribution is -0.141. The molecular weight excluding hydrogens is 166 g/mol. The van der Waals surface area contributed by atoms with Crippen molar-refractivity contribution in [3.63, 3.8) is 0 Å². The number of carbonyl (C=O) groups excluding carboxylic acids is 1. The molecular formula is C10H19NO2. The van der Waals surface area contributed by atoms with Gasteiger partial charge in [-0.1, -0.05) is 0 Å². The van der Waals surface area contributed by atoms with E-state index in [-0.39, 0.29) is 18.1 Å². The molecule has 0 spiro atoms. The SMILES string of the molecule is CN(C(=O)C1(CO)CC1)C(C)(C)C. The lowest BCUT2D eigenvalue weighted by atomic mass is 10.0. The predicted molar refractivity (Wildman–Crippen MR) is 51.3 cm³/mol. The Morgan fingerprint density at radius 1 is 1.46 bits per heavy atom. The normalized spacial score (nSPS) is 19.8. The molecule has 76 valence electrons. The Hall–Kier alpha value is -0.570. The van der Waals surface area contributed by atoms with Crippen LogP contribution in [0.5, 0.6) is 0 Å². The van der Waals surface area contributed by atoms with E-state index < -0.39 is 5.41 Å². The summed E-state index contributed by atoms with van der Waals surface area (Å²) in [6.07, 6.45) is 1.67. The van der Waals surface area contributed by atoms with E-state index in [4.69, 9.17) is 5.11 Å². The molecule has 3 heteroatoms. The van der Waals surface area contributed by atoms with Crippen molar-refractivity contribution in [3.8, 4) is 0 Å². The van der Waals surface area contributed by atoms with Crippen LogP contribution in [0.15, 0.2) is 0 Å². The van der Waals surface area contributed by atoms with Gasteiger partial charge in [0.2, 0.25) is 5.91 Å². The summed E-state index contributed by atoms with van der Waals surface area (Å²) in [7, 11) is 1.80. The molecule has 0 radical (unpaired) electrons. The van der Waals surface area contributed by atoms with Gasteiger partial charge in [0.1, 0.15) is 0 Å². The second kappa shape index (κ2) is 2.98. The maximum atomic E-state index is 11.9. The van der Waals surface area contributed by atoms with Gasteiger partial charge in [0.15, 0.2) is 0 Å². The second-order valence-electron chi connectivity index (χ2n) is 4.97. The van der Waals surface area contributed by atoms with Gasteiger partial charge in [0.05, 0.1) is 12.0 Å². The molecule has 3 nitrogen and oxygen atoms in total. The predicted octanol–water partition coefficient (Wildman–Crippen LogP) is 1.02. The first kappa shape index (κ1) is 10.5. The van der Waals surface area contributed by atoms with Gasteiger partial charge in [-0.25, -0.2) is 0 Å². The summed E-state index contributed by atoms with van der Waals surface area (Å²) < 4.78 is 0. The Bertz CT molecular complexity index is 213. The van der Waals surface area contributed by atoms with Gasteiger partial charge in [-0.2, -0.15) is 0 Å². The Morgan fingerprint density at radius 3 is 2.15 bits per heavy atom. The third kappa shape index (κ3) is 1.85. The Labute approximate surface area is 79.7 Å². The summed E-state index contributed by atoms with van der Waals surface area (Å²) in [5, 5.41) is 9.09. The molecule has 0 unspecified atom stereocenters. The molecule has 0 aromatic heterocycles. The zero-order chi connectivity index (χ0) is 10.3. The monoisotopic (exact) mass is 185 g/mol. The first-order chi connectivity index (χ1) is 5.83. The third-order valence-electron chi connectivity index (χ3n) is 2.92. The lowest BCUT2D eigenvalue weighted by Gasteiger charge is -2.34. The molecule has 1 aliphatic carbocycles. The average molecular weight is 185 g/mol. The smallest absolute Gasteiger partial charge is 0.231 e. The van der Waals surface area contributed by atoms with E-state index in [0.717, 1.165) is 12.8 Å². The van der Waals surface area contributed by atoms with E-state index in [1.54, 1.807) is 11.9 Å². The molecule has 1 aliphatic rings. The van der Waals surface area contributed by atoms with Crippen LogP contribution < -0.4 is 0 Å². The number of hydrogen-bond donors (Lipinski definition) is 1. The first-order valence-corrected chi connectivity index (χ1v) is 4.73. The minimum Gasteiger partial charge on any atom is -0.395 e. The highest BCUT2D eigenvalue weighted by Crippen LogP contribution is 2.47. The molecule has 0 heterocycles. The first-order valence-electron chi connectivity index (χ1n) is 4.73. The van der Waals surface area contributed by atoms with Crippen LogP contribution in [0.2, 0.25) is 0 Å². The van der Waals surface area contributed by atoms with Crippen molar-refractivity contribution in [2.45, 2.75) is 39.2 Å². The van der Waals surface area contributed by atoms with Crippen LogP contribution >= 0.6 is 0 Å². The highest BCUT2D eigenvalue weighted by Gasteiger charge is 2.51. The second-order valence-corrected chi connectivity index (χ2v) is 4.97. The summed E-state index contributed by atoms with van der Waals surface area (Å²) in [5.74, 6) is 0.0856. The molecule has 1 N–H and O–H groups in total. The maximum Gasteiger partial charge on any atom is 0.231 e. The van der Waals surface area contributed by atoms with E-state index in [0.29, 0.717) is 0 Å². The Kier molecular flexibility index (Phi) is 2.41. The lowest BCUT2D eigenvalue weighted by Crippen LogP contribution is -2.47. The molecule has 0 aliphatic heterocycles. The summed E-state index contributed by atoms with van der Waals surface area (Å²) in [6, 6.07) is 0. The highest BCUT2D eigenvalue weighted by atomic mass is 16.3. The summed E-state index contributed by atoms with van der Waals surface area (Å²) in [5.41, 5.74) is -0.579. The van der Waals surface area contributed by atoms with Gasteiger partial charge >= 0.3 is 0 Å². The molecule has 0 aromatic carbocycles. The number of aliphatic hydroxyl groups is 1. The van der Waals surface area contributed by atoms with E-state index >= 15 is 0 Å². The summed E-state index contributed by atoms with van der Waals surface area (Å²) in [4.78, 5) is 13.6. The van der Waals surface area contributed by atoms with Crippen molar-refractivity contribution in [3.05, 3.63) is 0 Å². The van der Waals surface area contributed by atoms with Gasteiger partial charge in [-0.3, -0.25) is 4.79 Å². The molecule has 0 atom stereocenters. The van der Waals surface area contributed by atoms with Crippen LogP contribution in [0, 0.1) is 5.41 Å². The number of nitrogens with zero attached hydrogens (tertiary/aromatic N) is 1. The Morgan fingerprint density at radius 2 is 1.92 bits per heavy atom. The zero-order valence-electron chi connectivity index (χ0n) is 8.92. The van der Waals surface area contributed by atoms with Gasteiger partial charge in [-0.15, -0.1) is 0 Å². The van der Waals surface area contributed by atoms with Crippen LogP contribution in [0.4, 0.5) is 0 Å². The fourth-order valence-electron chi connectivity index (χ4n) is 1.25. The molecule has 0 saturated heterocycles. The fourth-order valence-corrected chi connectivity index (χ4v) is 1.25. The van der Waals surface area contributed by atoms with Crippen molar-refractivity contribution in [1.29, 1.82) is 0 Å². The molecule has 0 aromatic rings. The number of carbonyl (C=O) groups is 1. The summed E-state index contributed by atoms with van der Waals surface area (Å²) >= 11 is 0. The average Bonchev–Trinajstić information content (AvgIpc) is 2.80. The number of aliphatic hydroxyl groups excluding tert-OH is 1. The third-order valence-corrected chi connectivity index (χ3v) is 2.92. The molecule has 0 bridgehead atoms. The van der Waals surface area contributed by atoms with Crippen LogP contribution in [0.25, 0.3) is 0 Å². The van der Waals surface area contributed by atoms with Crippen LogP contribution in [0.1, 0.15) is 33.6 Å². The number of amides is 1. The van der Waals surface area contributed by atoms with E-state index in [9.17, 15) is 4.79 Å². The van der Waals surface area contributed by atoms with E-state index in [1.165, 1.54) is 0 Å². The molecule has 1 amide bonds. The van der Waals surface area contributed by atoms with Crippen molar-refractivity contribution >= 4 is 5.91 Å². The largest absolute Gasteiger partial charge is 0.395 e. The molecule has 13 heavy (non-hydrogen) atoms. The number of hydrogen-bond acceptors (Lipinski definition) is 2. The van der Waals surface area contributed by atoms with Gasteiger partial charge in [0, 0.05) is 12.6 Å². The maximum absolute atomic E-state index is 11.9. The minimum absolute atomic E-state index is 0.00769. The van der Waals surface area contributed by atoms with Crippen molar-refractivity contribution in [1.82, 2.24) is 4.90 Å². The van der Waals surface area contributed by atoms with Crippen molar-refractivity contribution < 1.29 is 9.90 Å². The van der Waals surface area contributed by atoms with E-state index in [1.807, 2.05) is 20.8 Å². The quantitative estimate of drug-likeness (QED) is 0.697. The van der Waals surface area contributed by atoms with Crippen molar-refractivity contribution in [2.75, 3.05) is 13.7 Å². The van der Waals surface area contributed by atoms with Gasteiger partial charge in [0.25, 0.3) is 0 Å². The fraction of sp³-hybridized carbons (Fsp3) is 0.900. The minimum atomic E-state index is -0.429. The number of rotatable bonds is 2. The van der Waals surface area contributed by atoms with Crippen molar-refractivity contribution in [2.24, 2.45) is 5.41 Å². The summed E-state index contributed by atoms with van der Waals surface area (Å²) in [6.45, 7) is 5.99. The van der Waals surface area contributed by atoms with Crippen LogP contribution in [-0.4, -0.2) is 35.1 Å². The molecule has 1 saturated carbocycles. The Balaban J connectivity index is 2.68. The van der Waals surface area contributed by atoms with Crippen LogP contribution in [-0.2, 0) is 4.79 Å². The van der Waals surface area contributed by atoms with Crippen LogP contribution in [0.3, 0.4) is 0 Å². The van der Waals surface area contributed by atoms with E-state index in [2.05, 4.69) is 0 Å². The molecule has 1 rings (SSSR count). The molecule has 1 fully saturated rings. The van der Waals surface area contributed by atoms with Gasteiger partial charge < -0.3 is 10.0 Å². The zero-order valence-corrected chi connectivity index (χ0v) is 8.92. The van der Waals surface area contributed by atoms with Gasteiger partial charge in [-0.05, 0) is 33.6 Å².